The largest absolute Gasteiger partial charge is 0.465 e. The van der Waals surface area contributed by atoms with Crippen LogP contribution in [0.3, 0.4) is 0 Å². The van der Waals surface area contributed by atoms with E-state index in [1.807, 2.05) is 7.05 Å². The van der Waals surface area contributed by atoms with Crippen molar-refractivity contribution in [1.29, 1.82) is 0 Å². The molecular weight excluding hydrogens is 252 g/mol. The Morgan fingerprint density at radius 3 is 3.10 bits per heavy atom. The molecule has 2 heterocycles. The van der Waals surface area contributed by atoms with Crippen molar-refractivity contribution in [3.63, 3.8) is 0 Å². The normalized spacial score (nSPS) is 20.4. The quantitative estimate of drug-likeness (QED) is 0.833. The second-order valence-electron chi connectivity index (χ2n) is 5.69. The van der Waals surface area contributed by atoms with Crippen molar-refractivity contribution in [2.24, 2.45) is 0 Å². The van der Waals surface area contributed by atoms with E-state index in [9.17, 15) is 0 Å². The summed E-state index contributed by atoms with van der Waals surface area (Å²) in [5, 5.41) is 3.13. The van der Waals surface area contributed by atoms with E-state index in [1.165, 1.54) is 18.4 Å². The van der Waals surface area contributed by atoms with E-state index in [4.69, 9.17) is 9.15 Å². The molecule has 0 bridgehead atoms. The molecule has 0 aromatic carbocycles. The highest BCUT2D eigenvalue weighted by Gasteiger charge is 2.21. The highest BCUT2D eigenvalue weighted by Crippen LogP contribution is 2.20. The van der Waals surface area contributed by atoms with Crippen LogP contribution in [0.1, 0.15) is 43.3 Å². The molecule has 0 saturated carbocycles. The third kappa shape index (κ3) is 4.33. The number of nitrogens with one attached hydrogen (secondary N) is 1. The smallest absolute Gasteiger partial charge is 0.118 e. The Morgan fingerprint density at radius 2 is 2.35 bits per heavy atom. The summed E-state index contributed by atoms with van der Waals surface area (Å²) in [5.74, 6) is 2.07. The second kappa shape index (κ2) is 7.81. The first-order valence-electron chi connectivity index (χ1n) is 7.79. The molecule has 1 aromatic heterocycles. The van der Waals surface area contributed by atoms with E-state index in [1.54, 1.807) is 0 Å². The zero-order valence-corrected chi connectivity index (χ0v) is 13.1. The fourth-order valence-electron chi connectivity index (χ4n) is 2.82. The van der Waals surface area contributed by atoms with E-state index in [0.717, 1.165) is 50.7 Å². The lowest BCUT2D eigenvalue weighted by Crippen LogP contribution is -2.39. The first kappa shape index (κ1) is 15.5. The van der Waals surface area contributed by atoms with Crippen molar-refractivity contribution >= 4 is 0 Å². The lowest BCUT2D eigenvalue weighted by molar-refractivity contribution is -0.00232. The highest BCUT2D eigenvalue weighted by atomic mass is 16.5. The van der Waals surface area contributed by atoms with E-state index in [-0.39, 0.29) is 0 Å². The van der Waals surface area contributed by atoms with Crippen molar-refractivity contribution in [2.75, 3.05) is 26.7 Å². The summed E-state index contributed by atoms with van der Waals surface area (Å²) < 4.78 is 11.7. The molecule has 1 saturated heterocycles. The molecule has 114 valence electrons. The van der Waals surface area contributed by atoms with E-state index >= 15 is 0 Å². The monoisotopic (exact) mass is 280 g/mol. The molecule has 4 nitrogen and oxygen atoms in total. The molecule has 1 aliphatic heterocycles. The predicted octanol–water partition coefficient (Wildman–Crippen LogP) is 2.70. The predicted molar refractivity (Wildman–Crippen MR) is 80.8 cm³/mol. The van der Waals surface area contributed by atoms with Gasteiger partial charge in [0.25, 0.3) is 0 Å². The van der Waals surface area contributed by atoms with Crippen LogP contribution in [0.15, 0.2) is 10.5 Å². The highest BCUT2D eigenvalue weighted by molar-refractivity contribution is 5.20. The molecule has 1 N–H and O–H groups in total. The van der Waals surface area contributed by atoms with Gasteiger partial charge in [0, 0.05) is 25.3 Å². The Kier molecular flexibility index (Phi) is 6.07. The minimum Gasteiger partial charge on any atom is -0.465 e. The fraction of sp³-hybridized carbons (Fsp3) is 0.750. The number of ether oxygens (including phenoxy) is 1. The molecule has 0 amide bonds. The van der Waals surface area contributed by atoms with Gasteiger partial charge in [0.05, 0.1) is 12.6 Å². The van der Waals surface area contributed by atoms with Crippen molar-refractivity contribution in [3.8, 4) is 0 Å². The fourth-order valence-corrected chi connectivity index (χ4v) is 2.82. The lowest BCUT2D eigenvalue weighted by atomic mass is 10.1. The summed E-state index contributed by atoms with van der Waals surface area (Å²) in [6.07, 6.45) is 3.94. The summed E-state index contributed by atoms with van der Waals surface area (Å²) >= 11 is 0. The molecule has 0 aliphatic carbocycles. The van der Waals surface area contributed by atoms with E-state index in [0.29, 0.717) is 6.10 Å². The van der Waals surface area contributed by atoms with Crippen LogP contribution in [-0.2, 0) is 17.8 Å². The van der Waals surface area contributed by atoms with Gasteiger partial charge in [-0.1, -0.05) is 6.92 Å². The van der Waals surface area contributed by atoms with E-state index in [2.05, 4.69) is 30.1 Å². The Hall–Kier alpha value is -0.840. The third-order valence-corrected chi connectivity index (χ3v) is 3.84. The first-order chi connectivity index (χ1) is 9.72. The molecule has 1 aliphatic rings. The van der Waals surface area contributed by atoms with Gasteiger partial charge in [-0.2, -0.15) is 0 Å². The molecule has 1 aromatic rings. The summed E-state index contributed by atoms with van der Waals surface area (Å²) in [4.78, 5) is 2.49. The van der Waals surface area contributed by atoms with Gasteiger partial charge in [-0.3, -0.25) is 4.90 Å². The topological polar surface area (TPSA) is 37.6 Å². The number of hydrogen-bond donors (Lipinski definition) is 1. The summed E-state index contributed by atoms with van der Waals surface area (Å²) in [6, 6.07) is 2.18. The standard InChI is InChI=1S/C16H28N2O2/c1-4-8-19-15-6-5-7-18(12-15)11-14-9-16(10-17-3)20-13(14)2/h9,15,17H,4-8,10-12H2,1-3H3. The number of furan rings is 1. The van der Waals surface area contributed by atoms with Gasteiger partial charge in [0.1, 0.15) is 11.5 Å². The maximum Gasteiger partial charge on any atom is 0.118 e. The molecule has 0 radical (unpaired) electrons. The summed E-state index contributed by atoms with van der Waals surface area (Å²) in [7, 11) is 1.94. The van der Waals surface area contributed by atoms with Crippen LogP contribution in [0.2, 0.25) is 0 Å². The van der Waals surface area contributed by atoms with Crippen LogP contribution in [0, 0.1) is 6.92 Å². The number of hydrogen-bond acceptors (Lipinski definition) is 4. The first-order valence-corrected chi connectivity index (χ1v) is 7.79. The Bertz CT molecular complexity index is 403. The molecule has 20 heavy (non-hydrogen) atoms. The van der Waals surface area contributed by atoms with Crippen LogP contribution in [-0.4, -0.2) is 37.7 Å². The Balaban J connectivity index is 1.88. The van der Waals surface area contributed by atoms with Gasteiger partial charge in [0.15, 0.2) is 0 Å². The zero-order chi connectivity index (χ0) is 14.4. The lowest BCUT2D eigenvalue weighted by Gasteiger charge is -2.32. The van der Waals surface area contributed by atoms with Crippen LogP contribution in [0.5, 0.6) is 0 Å². The maximum absolute atomic E-state index is 5.90. The number of likely N-dealkylation sites (tertiary alicyclic amines) is 1. The molecular formula is C16H28N2O2. The van der Waals surface area contributed by atoms with Gasteiger partial charge in [-0.25, -0.2) is 0 Å². The molecule has 4 heteroatoms. The third-order valence-electron chi connectivity index (χ3n) is 3.84. The van der Waals surface area contributed by atoms with E-state index < -0.39 is 0 Å². The van der Waals surface area contributed by atoms with Gasteiger partial charge >= 0.3 is 0 Å². The van der Waals surface area contributed by atoms with Crippen molar-refractivity contribution in [3.05, 3.63) is 23.2 Å². The second-order valence-corrected chi connectivity index (χ2v) is 5.69. The van der Waals surface area contributed by atoms with Crippen molar-refractivity contribution in [2.45, 2.75) is 52.3 Å². The molecule has 0 spiro atoms. The number of aryl methyl sites for hydroxylation is 1. The van der Waals surface area contributed by atoms with Crippen LogP contribution in [0.25, 0.3) is 0 Å². The number of rotatable bonds is 7. The molecule has 1 atom stereocenters. The molecule has 2 rings (SSSR count). The Labute approximate surface area is 122 Å². The van der Waals surface area contributed by atoms with Gasteiger partial charge in [0.2, 0.25) is 0 Å². The van der Waals surface area contributed by atoms with Gasteiger partial charge in [-0.05, 0) is 45.8 Å². The molecule has 1 fully saturated rings. The average Bonchev–Trinajstić information content (AvgIpc) is 2.77. The number of piperidine rings is 1. The minimum atomic E-state index is 0.410. The number of nitrogens with zero attached hydrogens (tertiary/aromatic N) is 1. The van der Waals surface area contributed by atoms with Crippen molar-refractivity contribution < 1.29 is 9.15 Å². The minimum absolute atomic E-state index is 0.410. The average molecular weight is 280 g/mol. The maximum atomic E-state index is 5.90. The van der Waals surface area contributed by atoms with Crippen LogP contribution in [0.4, 0.5) is 0 Å². The van der Waals surface area contributed by atoms with Gasteiger partial charge in [-0.15, -0.1) is 0 Å². The molecule has 1 unspecified atom stereocenters. The Morgan fingerprint density at radius 1 is 1.50 bits per heavy atom. The van der Waals surface area contributed by atoms with Crippen LogP contribution < -0.4 is 5.32 Å². The summed E-state index contributed by atoms with van der Waals surface area (Å²) in [6.45, 7) is 9.09. The summed E-state index contributed by atoms with van der Waals surface area (Å²) in [5.41, 5.74) is 1.31. The van der Waals surface area contributed by atoms with Crippen molar-refractivity contribution in [1.82, 2.24) is 10.2 Å². The van der Waals surface area contributed by atoms with Crippen LogP contribution >= 0.6 is 0 Å². The van der Waals surface area contributed by atoms with Gasteiger partial charge < -0.3 is 14.5 Å². The zero-order valence-electron chi connectivity index (χ0n) is 13.1. The SMILES string of the molecule is CCCOC1CCCN(Cc2cc(CNC)oc2C)C1.